The SMILES string of the molecule is COCCS(=O)(=O)N1CCN(c2nc3ccc(OC)cc3cc2C#N)CC1. The Balaban J connectivity index is 1.81. The first-order valence-electron chi connectivity index (χ1n) is 8.59. The monoisotopic (exact) mass is 390 g/mol. The molecule has 1 fully saturated rings. The summed E-state index contributed by atoms with van der Waals surface area (Å²) in [5.41, 5.74) is 1.23. The van der Waals surface area contributed by atoms with Gasteiger partial charge in [-0.3, -0.25) is 0 Å². The van der Waals surface area contributed by atoms with Gasteiger partial charge in [-0.25, -0.2) is 13.4 Å². The molecular weight excluding hydrogens is 368 g/mol. The van der Waals surface area contributed by atoms with Crippen LogP contribution in [0.25, 0.3) is 10.9 Å². The lowest BCUT2D eigenvalue weighted by Gasteiger charge is -2.35. The molecule has 0 spiro atoms. The van der Waals surface area contributed by atoms with E-state index in [4.69, 9.17) is 9.47 Å². The molecule has 0 aliphatic carbocycles. The van der Waals surface area contributed by atoms with E-state index in [1.807, 2.05) is 23.1 Å². The molecule has 3 rings (SSSR count). The minimum Gasteiger partial charge on any atom is -0.497 e. The first-order chi connectivity index (χ1) is 13.0. The molecule has 0 N–H and O–H groups in total. The molecule has 2 heterocycles. The highest BCUT2D eigenvalue weighted by molar-refractivity contribution is 7.89. The third kappa shape index (κ3) is 4.13. The fraction of sp³-hybridized carbons (Fsp3) is 0.444. The van der Waals surface area contributed by atoms with E-state index in [1.54, 1.807) is 13.2 Å². The Bertz CT molecular complexity index is 963. The number of pyridine rings is 1. The number of rotatable bonds is 6. The number of sulfonamides is 1. The molecule has 0 atom stereocenters. The highest BCUT2D eigenvalue weighted by Crippen LogP contribution is 2.27. The molecule has 0 saturated carbocycles. The molecule has 0 radical (unpaired) electrons. The van der Waals surface area contributed by atoms with Crippen LogP contribution in [0.1, 0.15) is 5.56 Å². The van der Waals surface area contributed by atoms with Crippen LogP contribution in [-0.4, -0.2) is 70.5 Å². The van der Waals surface area contributed by atoms with Crippen LogP contribution < -0.4 is 9.64 Å². The molecule has 9 heteroatoms. The van der Waals surface area contributed by atoms with Crippen LogP contribution >= 0.6 is 0 Å². The fourth-order valence-electron chi connectivity index (χ4n) is 3.09. The van der Waals surface area contributed by atoms with Gasteiger partial charge >= 0.3 is 0 Å². The molecule has 1 aromatic carbocycles. The van der Waals surface area contributed by atoms with Crippen LogP contribution in [-0.2, 0) is 14.8 Å². The predicted molar refractivity (Wildman–Crippen MR) is 102 cm³/mol. The van der Waals surface area contributed by atoms with Gasteiger partial charge in [0.2, 0.25) is 10.0 Å². The van der Waals surface area contributed by atoms with Crippen LogP contribution in [0.4, 0.5) is 5.82 Å². The summed E-state index contributed by atoms with van der Waals surface area (Å²) in [6.07, 6.45) is 0. The second-order valence-corrected chi connectivity index (χ2v) is 8.31. The number of hydrogen-bond acceptors (Lipinski definition) is 7. The van der Waals surface area contributed by atoms with Crippen LogP contribution in [0, 0.1) is 11.3 Å². The maximum absolute atomic E-state index is 12.3. The van der Waals surface area contributed by atoms with Crippen molar-refractivity contribution >= 4 is 26.7 Å². The van der Waals surface area contributed by atoms with Crippen LogP contribution in [0.2, 0.25) is 0 Å². The number of hydrogen-bond donors (Lipinski definition) is 0. The molecule has 0 bridgehead atoms. The molecule has 2 aromatic rings. The van der Waals surface area contributed by atoms with Gasteiger partial charge < -0.3 is 14.4 Å². The average molecular weight is 390 g/mol. The van der Waals surface area contributed by atoms with E-state index >= 15 is 0 Å². The molecule has 1 aromatic heterocycles. The highest BCUT2D eigenvalue weighted by Gasteiger charge is 2.28. The van der Waals surface area contributed by atoms with Gasteiger partial charge in [0, 0.05) is 38.7 Å². The number of ether oxygens (including phenoxy) is 2. The van der Waals surface area contributed by atoms with E-state index in [0.717, 1.165) is 10.9 Å². The topological polar surface area (TPSA) is 95.8 Å². The summed E-state index contributed by atoms with van der Waals surface area (Å²) in [5, 5.41) is 10.4. The Morgan fingerprint density at radius 3 is 2.56 bits per heavy atom. The highest BCUT2D eigenvalue weighted by atomic mass is 32.2. The van der Waals surface area contributed by atoms with Gasteiger partial charge in [-0.2, -0.15) is 9.57 Å². The van der Waals surface area contributed by atoms with E-state index < -0.39 is 10.0 Å². The molecular formula is C18H22N4O4S. The molecule has 27 heavy (non-hydrogen) atoms. The molecule has 1 saturated heterocycles. The van der Waals surface area contributed by atoms with Crippen LogP contribution in [0.3, 0.4) is 0 Å². The third-order valence-corrected chi connectivity index (χ3v) is 6.43. The van der Waals surface area contributed by atoms with Gasteiger partial charge in [0.05, 0.1) is 30.5 Å². The quantitative estimate of drug-likeness (QED) is 0.731. The zero-order valence-corrected chi connectivity index (χ0v) is 16.2. The molecule has 0 amide bonds. The number of nitriles is 1. The van der Waals surface area contributed by atoms with Crippen molar-refractivity contribution in [1.29, 1.82) is 5.26 Å². The van der Waals surface area contributed by atoms with Gasteiger partial charge in [-0.15, -0.1) is 0 Å². The summed E-state index contributed by atoms with van der Waals surface area (Å²) in [6, 6.07) is 9.51. The zero-order valence-electron chi connectivity index (χ0n) is 15.4. The molecule has 8 nitrogen and oxygen atoms in total. The number of benzene rings is 1. The fourth-order valence-corrected chi connectivity index (χ4v) is 4.45. The summed E-state index contributed by atoms with van der Waals surface area (Å²) >= 11 is 0. The number of aromatic nitrogens is 1. The second-order valence-electron chi connectivity index (χ2n) is 6.22. The average Bonchev–Trinajstić information content (AvgIpc) is 2.70. The van der Waals surface area contributed by atoms with Crippen molar-refractivity contribution in [2.24, 2.45) is 0 Å². The third-order valence-electron chi connectivity index (χ3n) is 4.60. The van der Waals surface area contributed by atoms with E-state index in [1.165, 1.54) is 11.4 Å². The Labute approximate surface area is 159 Å². The Kier molecular flexibility index (Phi) is 5.79. The lowest BCUT2D eigenvalue weighted by atomic mass is 10.1. The van der Waals surface area contributed by atoms with Crippen LogP contribution in [0.5, 0.6) is 5.75 Å². The Morgan fingerprint density at radius 2 is 1.93 bits per heavy atom. The molecule has 0 unspecified atom stereocenters. The van der Waals surface area contributed by atoms with Crippen molar-refractivity contribution in [3.63, 3.8) is 0 Å². The summed E-state index contributed by atoms with van der Waals surface area (Å²) in [7, 11) is -0.251. The van der Waals surface area contributed by atoms with Gasteiger partial charge in [0.15, 0.2) is 0 Å². The standard InChI is InChI=1S/C18H22N4O4S/c1-25-9-10-27(23,24)22-7-5-21(6-8-22)18-15(13-19)11-14-12-16(26-2)3-4-17(14)20-18/h3-4,11-12H,5-10H2,1-2H3. The number of fused-ring (bicyclic) bond motifs is 1. The first-order valence-corrected chi connectivity index (χ1v) is 10.2. The number of anilines is 1. The largest absolute Gasteiger partial charge is 0.497 e. The van der Waals surface area contributed by atoms with E-state index in [9.17, 15) is 13.7 Å². The minimum atomic E-state index is -3.33. The lowest BCUT2D eigenvalue weighted by Crippen LogP contribution is -2.50. The zero-order chi connectivity index (χ0) is 19.4. The van der Waals surface area contributed by atoms with Gasteiger partial charge in [-0.1, -0.05) is 0 Å². The predicted octanol–water partition coefficient (Wildman–Crippen LogP) is 1.21. The summed E-state index contributed by atoms with van der Waals surface area (Å²) in [5.74, 6) is 1.27. The van der Waals surface area contributed by atoms with Gasteiger partial charge in [0.1, 0.15) is 17.6 Å². The Hall–Kier alpha value is -2.41. The maximum atomic E-state index is 12.3. The van der Waals surface area contributed by atoms with Crippen molar-refractivity contribution in [2.75, 3.05) is 57.7 Å². The second kappa shape index (κ2) is 8.08. The number of methoxy groups -OCH3 is 2. The molecule has 1 aliphatic heterocycles. The molecule has 144 valence electrons. The van der Waals surface area contributed by atoms with Crippen molar-refractivity contribution in [2.45, 2.75) is 0 Å². The molecule has 1 aliphatic rings. The normalized spacial score (nSPS) is 15.7. The number of nitrogens with zero attached hydrogens (tertiary/aromatic N) is 4. The smallest absolute Gasteiger partial charge is 0.216 e. The van der Waals surface area contributed by atoms with Gasteiger partial charge in [-0.05, 0) is 24.3 Å². The van der Waals surface area contributed by atoms with Crippen LogP contribution in [0.15, 0.2) is 24.3 Å². The van der Waals surface area contributed by atoms with Crippen molar-refractivity contribution in [3.8, 4) is 11.8 Å². The van der Waals surface area contributed by atoms with Crippen molar-refractivity contribution < 1.29 is 17.9 Å². The van der Waals surface area contributed by atoms with Crippen molar-refractivity contribution in [1.82, 2.24) is 9.29 Å². The van der Waals surface area contributed by atoms with Gasteiger partial charge in [0.25, 0.3) is 0 Å². The van der Waals surface area contributed by atoms with Crippen molar-refractivity contribution in [3.05, 3.63) is 29.8 Å². The summed E-state index contributed by atoms with van der Waals surface area (Å²) < 4.78 is 36.2. The van der Waals surface area contributed by atoms with E-state index in [0.29, 0.717) is 43.3 Å². The lowest BCUT2D eigenvalue weighted by molar-refractivity contribution is 0.215. The number of piperazine rings is 1. The summed E-state index contributed by atoms with van der Waals surface area (Å²) in [6.45, 7) is 1.86. The van der Waals surface area contributed by atoms with E-state index in [2.05, 4.69) is 11.1 Å². The summed E-state index contributed by atoms with van der Waals surface area (Å²) in [4.78, 5) is 6.60. The Morgan fingerprint density at radius 1 is 1.19 bits per heavy atom. The van der Waals surface area contributed by atoms with E-state index in [-0.39, 0.29) is 12.4 Å². The first kappa shape index (κ1) is 19.4. The maximum Gasteiger partial charge on any atom is 0.216 e. The minimum absolute atomic E-state index is 0.0248.